The van der Waals surface area contributed by atoms with Crippen molar-refractivity contribution in [1.82, 2.24) is 23.7 Å². The van der Waals surface area contributed by atoms with Crippen LogP contribution in [0, 0.1) is 0 Å². The summed E-state index contributed by atoms with van der Waals surface area (Å²) < 4.78 is 7.33. The molecule has 0 saturated heterocycles. The van der Waals surface area contributed by atoms with Crippen LogP contribution in [-0.4, -0.2) is 23.7 Å². The Labute approximate surface area is 406 Å². The predicted octanol–water partition coefficient (Wildman–Crippen LogP) is 17.2. The molecule has 0 amide bonds. The highest BCUT2D eigenvalue weighted by molar-refractivity contribution is 6.29. The molecule has 5 aromatic heterocycles. The Morgan fingerprint density at radius 2 is 0.718 bits per heavy atom. The average molecular weight is 902 g/mol. The van der Waals surface area contributed by atoms with E-state index in [4.69, 9.17) is 9.97 Å². The molecule has 0 saturated carbocycles. The van der Waals surface area contributed by atoms with E-state index >= 15 is 0 Å². The summed E-state index contributed by atoms with van der Waals surface area (Å²) in [6.45, 7) is 0. The van der Waals surface area contributed by atoms with Crippen molar-refractivity contribution in [3.63, 3.8) is 0 Å². The topological polar surface area (TPSA) is 40.6 Å². The lowest BCUT2D eigenvalue weighted by Crippen LogP contribution is -1.96. The highest BCUT2D eigenvalue weighted by atomic mass is 15.0. The largest absolute Gasteiger partial charge is 0.309 e. The minimum Gasteiger partial charge on any atom is -0.309 e. The number of hydrogen-bond acceptors (Lipinski definition) is 2. The van der Waals surface area contributed by atoms with E-state index in [9.17, 15) is 0 Å². The summed E-state index contributed by atoms with van der Waals surface area (Å²) in [7, 11) is 0. The normalized spacial score (nSPS) is 12.2. The van der Waals surface area contributed by atoms with Crippen molar-refractivity contribution >= 4 is 120 Å². The van der Waals surface area contributed by atoms with Crippen molar-refractivity contribution in [3.05, 3.63) is 237 Å². The lowest BCUT2D eigenvalue weighted by molar-refractivity contribution is 1.16. The number of hydrogen-bond donors (Lipinski definition) is 0. The lowest BCUT2D eigenvalue weighted by Gasteiger charge is -2.13. The molecule has 0 aliphatic rings. The SMILES string of the molecule is c1ccc(-n2c3ccc(-n4c5ccccc5c5ccccc54)cc3c3cc(-n4c5ccc(-c6ccc7ccc8cccnc8c7n6)cc5c5cc6c7ccccc7c7ccccc7c6cc54)ccc32)cc1. The Hall–Kier alpha value is -9.58. The average Bonchev–Trinajstić information content (AvgIpc) is 4.07. The van der Waals surface area contributed by atoms with Gasteiger partial charge in [-0.3, -0.25) is 4.98 Å². The number of rotatable bonds is 4. The van der Waals surface area contributed by atoms with Crippen LogP contribution >= 0.6 is 0 Å². The van der Waals surface area contributed by atoms with E-state index in [-0.39, 0.29) is 0 Å². The highest BCUT2D eigenvalue weighted by Gasteiger charge is 2.21. The predicted molar refractivity (Wildman–Crippen MR) is 298 cm³/mol. The molecule has 16 aromatic rings. The van der Waals surface area contributed by atoms with Crippen LogP contribution in [0.25, 0.3) is 148 Å². The Morgan fingerprint density at radius 3 is 1.37 bits per heavy atom. The molecule has 71 heavy (non-hydrogen) atoms. The molecule has 328 valence electrons. The summed E-state index contributed by atoms with van der Waals surface area (Å²) in [5, 5.41) is 16.9. The molecule has 0 bridgehead atoms. The van der Waals surface area contributed by atoms with Crippen LogP contribution in [-0.2, 0) is 0 Å². The Kier molecular flexibility index (Phi) is 7.82. The van der Waals surface area contributed by atoms with Crippen LogP contribution in [0.4, 0.5) is 0 Å². The third-order valence-corrected chi connectivity index (χ3v) is 15.2. The van der Waals surface area contributed by atoms with Gasteiger partial charge in [0.1, 0.15) is 0 Å². The van der Waals surface area contributed by atoms with Crippen molar-refractivity contribution in [2.75, 3.05) is 0 Å². The van der Waals surface area contributed by atoms with Gasteiger partial charge in [0.05, 0.1) is 49.8 Å². The van der Waals surface area contributed by atoms with Gasteiger partial charge in [-0.2, -0.15) is 0 Å². The van der Waals surface area contributed by atoms with Gasteiger partial charge >= 0.3 is 0 Å². The minimum atomic E-state index is 0.914. The molecule has 5 heterocycles. The monoisotopic (exact) mass is 901 g/mol. The third-order valence-electron chi connectivity index (χ3n) is 15.2. The van der Waals surface area contributed by atoms with E-state index in [0.717, 1.165) is 72.2 Å². The van der Waals surface area contributed by atoms with Crippen LogP contribution in [0.15, 0.2) is 237 Å². The molecule has 0 atom stereocenters. The first kappa shape index (κ1) is 38.4. The fourth-order valence-electron chi connectivity index (χ4n) is 12.1. The first-order chi connectivity index (χ1) is 35.2. The van der Waals surface area contributed by atoms with Gasteiger partial charge in [-0.15, -0.1) is 0 Å². The van der Waals surface area contributed by atoms with Crippen molar-refractivity contribution < 1.29 is 0 Å². The van der Waals surface area contributed by atoms with E-state index in [1.165, 1.54) is 75.7 Å². The molecule has 0 N–H and O–H groups in total. The van der Waals surface area contributed by atoms with E-state index in [2.05, 4.69) is 238 Å². The zero-order chi connectivity index (χ0) is 46.3. The van der Waals surface area contributed by atoms with Gasteiger partial charge in [0, 0.05) is 71.9 Å². The van der Waals surface area contributed by atoms with Crippen LogP contribution in [0.5, 0.6) is 0 Å². The first-order valence-corrected chi connectivity index (χ1v) is 24.3. The van der Waals surface area contributed by atoms with Crippen molar-refractivity contribution in [1.29, 1.82) is 0 Å². The zero-order valence-electron chi connectivity index (χ0n) is 38.3. The molecule has 0 aliphatic heterocycles. The quantitative estimate of drug-likeness (QED) is 0.165. The summed E-state index contributed by atoms with van der Waals surface area (Å²) in [5.41, 5.74) is 14.2. The molecule has 0 unspecified atom stereocenters. The molecule has 0 radical (unpaired) electrons. The number of benzene rings is 11. The second-order valence-corrected chi connectivity index (χ2v) is 18.9. The maximum atomic E-state index is 5.33. The smallest absolute Gasteiger partial charge is 0.0972 e. The van der Waals surface area contributed by atoms with Gasteiger partial charge in [-0.25, -0.2) is 4.98 Å². The third kappa shape index (κ3) is 5.46. The van der Waals surface area contributed by atoms with Gasteiger partial charge in [-0.05, 0) is 129 Å². The fourth-order valence-corrected chi connectivity index (χ4v) is 12.1. The molecule has 5 nitrogen and oxygen atoms in total. The summed E-state index contributed by atoms with van der Waals surface area (Å²) in [5.74, 6) is 0. The van der Waals surface area contributed by atoms with Gasteiger partial charge in [0.2, 0.25) is 0 Å². The Morgan fingerprint density at radius 1 is 0.254 bits per heavy atom. The zero-order valence-corrected chi connectivity index (χ0v) is 38.3. The van der Waals surface area contributed by atoms with Crippen molar-refractivity contribution in [2.24, 2.45) is 0 Å². The maximum absolute atomic E-state index is 5.33. The lowest BCUT2D eigenvalue weighted by atomic mass is 9.93. The van der Waals surface area contributed by atoms with Crippen LogP contribution in [0.2, 0.25) is 0 Å². The summed E-state index contributed by atoms with van der Waals surface area (Å²) in [4.78, 5) is 10.1. The van der Waals surface area contributed by atoms with Gasteiger partial charge in [0.15, 0.2) is 0 Å². The molecular weight excluding hydrogens is 863 g/mol. The van der Waals surface area contributed by atoms with Crippen LogP contribution in [0.1, 0.15) is 0 Å². The van der Waals surface area contributed by atoms with Gasteiger partial charge in [-0.1, -0.05) is 133 Å². The van der Waals surface area contributed by atoms with E-state index in [1.54, 1.807) is 0 Å². The molecule has 0 spiro atoms. The standard InChI is InChI=1S/C66H39N5/c1-2-14-43(15-3-1)69-62-32-28-44(70-59-22-10-8-20-50(59)51-21-9-11-23-60(51)70)36-55(62)56-37-45(29-33-63(56)69)71-61-31-27-42(58-30-26-41-25-24-40-13-12-34-67-65(40)66(41)68-58)35-54(61)57-38-52-48-18-6-4-16-46(48)47-17-5-7-19-49(47)53(52)39-64(57)71/h1-39H. The number of para-hydroxylation sites is 3. The van der Waals surface area contributed by atoms with E-state index < -0.39 is 0 Å². The van der Waals surface area contributed by atoms with Crippen molar-refractivity contribution in [3.8, 4) is 28.3 Å². The van der Waals surface area contributed by atoms with Crippen LogP contribution in [0.3, 0.4) is 0 Å². The summed E-state index contributed by atoms with van der Waals surface area (Å²) in [6, 6.07) is 84.6. The molecular formula is C66H39N5. The van der Waals surface area contributed by atoms with Crippen LogP contribution < -0.4 is 0 Å². The first-order valence-electron chi connectivity index (χ1n) is 24.3. The number of aromatic nitrogens is 5. The summed E-state index contributed by atoms with van der Waals surface area (Å²) in [6.07, 6.45) is 1.86. The molecule has 5 heteroatoms. The Bertz CT molecular complexity index is 4880. The number of fused-ring (bicyclic) bond motifs is 18. The number of pyridine rings is 2. The minimum absolute atomic E-state index is 0.914. The molecule has 0 fully saturated rings. The van der Waals surface area contributed by atoms with Gasteiger partial charge < -0.3 is 13.7 Å². The Balaban J connectivity index is 0.992. The van der Waals surface area contributed by atoms with Gasteiger partial charge in [0.25, 0.3) is 0 Å². The second-order valence-electron chi connectivity index (χ2n) is 18.9. The van der Waals surface area contributed by atoms with E-state index in [0.29, 0.717) is 0 Å². The molecule has 0 aliphatic carbocycles. The second kappa shape index (κ2) is 14.5. The summed E-state index contributed by atoms with van der Waals surface area (Å²) >= 11 is 0. The molecule has 11 aromatic carbocycles. The fraction of sp³-hybridized carbons (Fsp3) is 0. The number of nitrogens with zero attached hydrogens (tertiary/aromatic N) is 5. The highest BCUT2D eigenvalue weighted by Crippen LogP contribution is 2.44. The maximum Gasteiger partial charge on any atom is 0.0972 e. The van der Waals surface area contributed by atoms with E-state index in [1.807, 2.05) is 12.3 Å². The van der Waals surface area contributed by atoms with Crippen molar-refractivity contribution in [2.45, 2.75) is 0 Å². The molecule has 16 rings (SSSR count).